The Morgan fingerprint density at radius 2 is 2.17 bits per heavy atom. The number of anilines is 1. The van der Waals surface area contributed by atoms with E-state index in [1.165, 1.54) is 11.8 Å². The second kappa shape index (κ2) is 6.29. The van der Waals surface area contributed by atoms with Crippen molar-refractivity contribution in [3.8, 4) is 0 Å². The zero-order valence-electron chi connectivity index (χ0n) is 10.2. The van der Waals surface area contributed by atoms with Crippen LogP contribution in [0.15, 0.2) is 5.03 Å². The van der Waals surface area contributed by atoms with E-state index in [0.29, 0.717) is 10.8 Å². The average molecular weight is 273 g/mol. The summed E-state index contributed by atoms with van der Waals surface area (Å²) >= 11 is 1.31. The fraction of sp³-hybridized carbons (Fsp3) is 0.500. The van der Waals surface area contributed by atoms with Gasteiger partial charge in [-0.15, -0.1) is 11.8 Å². The summed E-state index contributed by atoms with van der Waals surface area (Å²) in [6, 6.07) is 0. The third-order valence-corrected chi connectivity index (χ3v) is 2.85. The maximum absolute atomic E-state index is 11.7. The fourth-order valence-electron chi connectivity index (χ4n) is 1.33. The Bertz CT molecular complexity index is 458. The number of carboxylic acid groups (broad SMARTS) is 1. The van der Waals surface area contributed by atoms with E-state index in [1.807, 2.05) is 6.92 Å². The molecule has 0 atom stereocenters. The van der Waals surface area contributed by atoms with Crippen molar-refractivity contribution >= 4 is 29.5 Å². The first-order valence-corrected chi connectivity index (χ1v) is 6.37. The van der Waals surface area contributed by atoms with E-state index in [-0.39, 0.29) is 24.5 Å². The Morgan fingerprint density at radius 1 is 1.50 bits per heavy atom. The largest absolute Gasteiger partial charge is 0.480 e. The Morgan fingerprint density at radius 3 is 2.67 bits per heavy atom. The van der Waals surface area contributed by atoms with Crippen LogP contribution in [-0.2, 0) is 16.1 Å². The van der Waals surface area contributed by atoms with Gasteiger partial charge < -0.3 is 15.6 Å². The lowest BCUT2D eigenvalue weighted by molar-refractivity contribution is -0.137. The van der Waals surface area contributed by atoms with Gasteiger partial charge in [0.2, 0.25) is 0 Å². The number of nitrogens with zero attached hydrogens (tertiary/aromatic N) is 2. The van der Waals surface area contributed by atoms with Gasteiger partial charge in [-0.25, -0.2) is 9.48 Å². The van der Waals surface area contributed by atoms with Crippen molar-refractivity contribution < 1.29 is 19.4 Å². The first-order chi connectivity index (χ1) is 8.51. The van der Waals surface area contributed by atoms with Crippen LogP contribution in [0.4, 0.5) is 5.82 Å². The molecule has 100 valence electrons. The van der Waals surface area contributed by atoms with Crippen molar-refractivity contribution in [3.05, 3.63) is 5.56 Å². The number of ether oxygens (including phenoxy) is 1. The summed E-state index contributed by atoms with van der Waals surface area (Å²) in [7, 11) is 0. The van der Waals surface area contributed by atoms with Gasteiger partial charge in [0.05, 0.1) is 6.61 Å². The Labute approximate surface area is 108 Å². The maximum Gasteiger partial charge on any atom is 0.344 e. The van der Waals surface area contributed by atoms with Gasteiger partial charge in [-0.2, -0.15) is 5.10 Å². The molecule has 0 saturated carbocycles. The number of carbonyl (C=O) groups is 2. The molecule has 0 aliphatic heterocycles. The highest BCUT2D eigenvalue weighted by Crippen LogP contribution is 2.27. The normalized spacial score (nSPS) is 10.3. The molecule has 1 aromatic rings. The lowest BCUT2D eigenvalue weighted by Crippen LogP contribution is -2.14. The smallest absolute Gasteiger partial charge is 0.344 e. The van der Waals surface area contributed by atoms with Gasteiger partial charge in [0.25, 0.3) is 0 Å². The molecule has 0 aliphatic carbocycles. The van der Waals surface area contributed by atoms with Crippen LogP contribution < -0.4 is 5.73 Å². The van der Waals surface area contributed by atoms with Crippen LogP contribution >= 0.6 is 11.8 Å². The molecule has 8 heteroatoms. The molecule has 0 aromatic carbocycles. The van der Waals surface area contributed by atoms with Crippen LogP contribution in [0.5, 0.6) is 0 Å². The molecule has 7 nitrogen and oxygen atoms in total. The van der Waals surface area contributed by atoms with Crippen molar-refractivity contribution in [2.24, 2.45) is 0 Å². The SMILES string of the molecule is CCOC(=O)c1c(SCC)nn(CC(=O)O)c1N. The highest BCUT2D eigenvalue weighted by molar-refractivity contribution is 7.99. The van der Waals surface area contributed by atoms with Crippen LogP contribution in [0.2, 0.25) is 0 Å². The van der Waals surface area contributed by atoms with E-state index in [0.717, 1.165) is 4.68 Å². The number of hydrogen-bond acceptors (Lipinski definition) is 6. The summed E-state index contributed by atoms with van der Waals surface area (Å²) in [6.45, 7) is 3.41. The van der Waals surface area contributed by atoms with Crippen LogP contribution in [-0.4, -0.2) is 39.2 Å². The Kier molecular flexibility index (Phi) is 5.02. The van der Waals surface area contributed by atoms with Crippen LogP contribution in [0.25, 0.3) is 0 Å². The highest BCUT2D eigenvalue weighted by Gasteiger charge is 2.24. The zero-order chi connectivity index (χ0) is 13.7. The summed E-state index contributed by atoms with van der Waals surface area (Å²) in [5.41, 5.74) is 5.88. The first-order valence-electron chi connectivity index (χ1n) is 5.39. The summed E-state index contributed by atoms with van der Waals surface area (Å²) in [6.07, 6.45) is 0. The van der Waals surface area contributed by atoms with Crippen molar-refractivity contribution in [2.75, 3.05) is 18.1 Å². The zero-order valence-corrected chi connectivity index (χ0v) is 11.0. The lowest BCUT2D eigenvalue weighted by Gasteiger charge is -2.02. The number of nitrogens with two attached hydrogens (primary N) is 1. The molecule has 0 unspecified atom stereocenters. The van der Waals surface area contributed by atoms with Crippen molar-refractivity contribution in [1.29, 1.82) is 0 Å². The summed E-state index contributed by atoms with van der Waals surface area (Å²) in [5.74, 6) is -0.947. The third-order valence-electron chi connectivity index (χ3n) is 2.01. The molecule has 0 spiro atoms. The van der Waals surface area contributed by atoms with Gasteiger partial charge in [-0.3, -0.25) is 4.79 Å². The van der Waals surface area contributed by atoms with Gasteiger partial charge in [0, 0.05) is 0 Å². The van der Waals surface area contributed by atoms with Gasteiger partial charge in [0.15, 0.2) is 0 Å². The topological polar surface area (TPSA) is 107 Å². The molecule has 18 heavy (non-hydrogen) atoms. The van der Waals surface area contributed by atoms with E-state index in [2.05, 4.69) is 5.10 Å². The summed E-state index contributed by atoms with van der Waals surface area (Å²) in [5, 5.41) is 13.1. The molecule has 0 amide bonds. The van der Waals surface area contributed by atoms with Crippen molar-refractivity contribution in [3.63, 3.8) is 0 Å². The Balaban J connectivity index is 3.15. The fourth-order valence-corrected chi connectivity index (χ4v) is 2.10. The minimum atomic E-state index is -1.08. The van der Waals surface area contributed by atoms with E-state index in [1.54, 1.807) is 6.92 Å². The molecule has 0 fully saturated rings. The predicted octanol–water partition coefficient (Wildman–Crippen LogP) is 0.839. The van der Waals surface area contributed by atoms with Crippen molar-refractivity contribution in [1.82, 2.24) is 9.78 Å². The second-order valence-electron chi connectivity index (χ2n) is 3.27. The van der Waals surface area contributed by atoms with Crippen LogP contribution in [0.1, 0.15) is 24.2 Å². The van der Waals surface area contributed by atoms with Crippen LogP contribution in [0, 0.1) is 0 Å². The molecule has 1 aromatic heterocycles. The molecule has 3 N–H and O–H groups in total. The molecular weight excluding hydrogens is 258 g/mol. The van der Waals surface area contributed by atoms with Gasteiger partial charge in [-0.1, -0.05) is 6.92 Å². The van der Waals surface area contributed by atoms with E-state index < -0.39 is 11.9 Å². The van der Waals surface area contributed by atoms with Gasteiger partial charge >= 0.3 is 11.9 Å². The van der Waals surface area contributed by atoms with E-state index >= 15 is 0 Å². The average Bonchev–Trinajstić information content (AvgIpc) is 2.56. The first kappa shape index (κ1) is 14.4. The number of nitrogen functional groups attached to an aromatic ring is 1. The molecule has 0 saturated heterocycles. The van der Waals surface area contributed by atoms with E-state index in [9.17, 15) is 9.59 Å². The number of aliphatic carboxylic acids is 1. The van der Waals surface area contributed by atoms with Gasteiger partial charge in [0.1, 0.15) is 23.0 Å². The Hall–Kier alpha value is -1.70. The molecule has 0 aliphatic rings. The van der Waals surface area contributed by atoms with Gasteiger partial charge in [-0.05, 0) is 12.7 Å². The number of rotatable bonds is 6. The standard InChI is InChI=1S/C10H15N3O4S/c1-3-17-10(16)7-8(11)13(5-6(14)15)12-9(7)18-4-2/h3-5,11H2,1-2H3,(H,14,15). The number of esters is 1. The van der Waals surface area contributed by atoms with E-state index in [4.69, 9.17) is 15.6 Å². The molecule has 0 radical (unpaired) electrons. The summed E-state index contributed by atoms with van der Waals surface area (Å²) < 4.78 is 5.97. The monoisotopic (exact) mass is 273 g/mol. The molecular formula is C10H15N3O4S. The number of carboxylic acids is 1. The van der Waals surface area contributed by atoms with Crippen LogP contribution in [0.3, 0.4) is 0 Å². The predicted molar refractivity (Wildman–Crippen MR) is 66.6 cm³/mol. The molecule has 1 rings (SSSR count). The minimum Gasteiger partial charge on any atom is -0.480 e. The quantitative estimate of drug-likeness (QED) is 0.584. The lowest BCUT2D eigenvalue weighted by atomic mass is 10.3. The number of hydrogen-bond donors (Lipinski definition) is 2. The number of thioether (sulfide) groups is 1. The number of carbonyl (C=O) groups excluding carboxylic acids is 1. The maximum atomic E-state index is 11.7. The highest BCUT2D eigenvalue weighted by atomic mass is 32.2. The molecule has 0 bridgehead atoms. The second-order valence-corrected chi connectivity index (χ2v) is 4.52. The van der Waals surface area contributed by atoms with Crippen molar-refractivity contribution in [2.45, 2.75) is 25.4 Å². The third kappa shape index (κ3) is 3.16. The summed E-state index contributed by atoms with van der Waals surface area (Å²) in [4.78, 5) is 22.4. The molecule has 1 heterocycles. The minimum absolute atomic E-state index is 0.0202. The number of aromatic nitrogens is 2.